The molecule has 0 unspecified atom stereocenters. The molecule has 0 saturated carbocycles. The predicted octanol–water partition coefficient (Wildman–Crippen LogP) is 2.57. The van der Waals surface area contributed by atoms with Crippen molar-refractivity contribution in [3.8, 4) is 11.5 Å². The summed E-state index contributed by atoms with van der Waals surface area (Å²) in [6.07, 6.45) is 14.3. The third-order valence-corrected chi connectivity index (χ3v) is 3.64. The van der Waals surface area contributed by atoms with E-state index in [-0.39, 0.29) is 0 Å². The van der Waals surface area contributed by atoms with Crippen LogP contribution >= 0.6 is 0 Å². The minimum Gasteiger partial charge on any atom is -0.333 e. The maximum absolute atomic E-state index is 4.29. The standard InChI is InChI=1S/C14H19N5/c1-18-10-8-15-14(18)13-11-19(17-16-13)9-7-12-5-3-2-4-6-12/h5,8,10-11H,2-4,6-7,9H2,1H3. The van der Waals surface area contributed by atoms with Crippen molar-refractivity contribution in [3.05, 3.63) is 30.2 Å². The lowest BCUT2D eigenvalue weighted by atomic mass is 9.97. The fourth-order valence-electron chi connectivity index (χ4n) is 2.51. The first-order valence-electron chi connectivity index (χ1n) is 6.88. The van der Waals surface area contributed by atoms with E-state index >= 15 is 0 Å². The number of nitrogens with zero attached hydrogens (tertiary/aromatic N) is 5. The number of aromatic nitrogens is 5. The van der Waals surface area contributed by atoms with E-state index in [2.05, 4.69) is 21.4 Å². The highest BCUT2D eigenvalue weighted by Crippen LogP contribution is 2.20. The predicted molar refractivity (Wildman–Crippen MR) is 73.4 cm³/mol. The summed E-state index contributed by atoms with van der Waals surface area (Å²) in [6, 6.07) is 0. The monoisotopic (exact) mass is 257 g/mol. The molecule has 19 heavy (non-hydrogen) atoms. The fourth-order valence-corrected chi connectivity index (χ4v) is 2.51. The summed E-state index contributed by atoms with van der Waals surface area (Å²) in [5.74, 6) is 0.864. The molecule has 0 spiro atoms. The average Bonchev–Trinajstić information content (AvgIpc) is 3.06. The molecule has 0 saturated heterocycles. The van der Waals surface area contributed by atoms with Gasteiger partial charge in [-0.3, -0.25) is 4.68 Å². The number of aryl methyl sites for hydroxylation is 2. The molecule has 100 valence electrons. The molecule has 1 aliphatic carbocycles. The van der Waals surface area contributed by atoms with Gasteiger partial charge in [0.05, 0.1) is 6.20 Å². The van der Waals surface area contributed by atoms with Crippen LogP contribution in [0.4, 0.5) is 0 Å². The Morgan fingerprint density at radius 1 is 1.32 bits per heavy atom. The third-order valence-electron chi connectivity index (χ3n) is 3.64. The second kappa shape index (κ2) is 5.38. The molecular formula is C14H19N5. The van der Waals surface area contributed by atoms with E-state index in [1.165, 1.54) is 25.7 Å². The first-order chi connectivity index (χ1) is 9.33. The van der Waals surface area contributed by atoms with Gasteiger partial charge in [0, 0.05) is 26.0 Å². The van der Waals surface area contributed by atoms with Gasteiger partial charge in [-0.25, -0.2) is 4.98 Å². The lowest BCUT2D eigenvalue weighted by molar-refractivity contribution is 0.565. The van der Waals surface area contributed by atoms with Gasteiger partial charge >= 0.3 is 0 Å². The maximum atomic E-state index is 4.29. The van der Waals surface area contributed by atoms with Crippen LogP contribution in [0.2, 0.25) is 0 Å². The lowest BCUT2D eigenvalue weighted by Gasteiger charge is -2.11. The molecule has 0 aliphatic heterocycles. The Kier molecular flexibility index (Phi) is 3.44. The molecule has 5 heteroatoms. The summed E-state index contributed by atoms with van der Waals surface area (Å²) in [6.45, 7) is 0.906. The highest BCUT2D eigenvalue weighted by atomic mass is 15.4. The SMILES string of the molecule is Cn1ccnc1-c1cn(CCC2=CCCCC2)nn1. The molecule has 1 aliphatic rings. The van der Waals surface area contributed by atoms with Gasteiger partial charge in [0.15, 0.2) is 5.82 Å². The van der Waals surface area contributed by atoms with Gasteiger partial charge in [0.1, 0.15) is 5.69 Å². The molecule has 0 radical (unpaired) electrons. The Balaban J connectivity index is 1.65. The molecule has 0 atom stereocenters. The van der Waals surface area contributed by atoms with Crippen LogP contribution in [0.15, 0.2) is 30.2 Å². The molecule has 2 heterocycles. The topological polar surface area (TPSA) is 48.5 Å². The van der Waals surface area contributed by atoms with E-state index in [1.54, 1.807) is 11.8 Å². The number of imidazole rings is 1. The third kappa shape index (κ3) is 2.75. The van der Waals surface area contributed by atoms with Gasteiger partial charge in [0.2, 0.25) is 0 Å². The quantitative estimate of drug-likeness (QED) is 0.791. The van der Waals surface area contributed by atoms with Crippen LogP contribution in [0.5, 0.6) is 0 Å². The van der Waals surface area contributed by atoms with Crippen molar-refractivity contribution in [2.75, 3.05) is 0 Å². The van der Waals surface area contributed by atoms with E-state index in [0.717, 1.165) is 24.5 Å². The summed E-state index contributed by atoms with van der Waals surface area (Å²) in [5.41, 5.74) is 2.41. The zero-order chi connectivity index (χ0) is 13.1. The van der Waals surface area contributed by atoms with E-state index in [1.807, 2.05) is 28.7 Å². The van der Waals surface area contributed by atoms with Crippen molar-refractivity contribution in [2.45, 2.75) is 38.6 Å². The van der Waals surface area contributed by atoms with Gasteiger partial charge in [-0.1, -0.05) is 16.9 Å². The van der Waals surface area contributed by atoms with Gasteiger partial charge in [-0.2, -0.15) is 0 Å². The maximum Gasteiger partial charge on any atom is 0.161 e. The summed E-state index contributed by atoms with van der Waals surface area (Å²) in [4.78, 5) is 4.29. The summed E-state index contributed by atoms with van der Waals surface area (Å²) in [5, 5.41) is 8.38. The fraction of sp³-hybridized carbons (Fsp3) is 0.500. The van der Waals surface area contributed by atoms with Crippen LogP contribution in [0.25, 0.3) is 11.5 Å². The molecule has 0 bridgehead atoms. The smallest absolute Gasteiger partial charge is 0.161 e. The molecule has 2 aromatic heterocycles. The van der Waals surface area contributed by atoms with Crippen molar-refractivity contribution in [1.82, 2.24) is 24.5 Å². The molecule has 0 fully saturated rings. The molecule has 0 amide bonds. The van der Waals surface area contributed by atoms with Crippen molar-refractivity contribution < 1.29 is 0 Å². The lowest BCUT2D eigenvalue weighted by Crippen LogP contribution is -2.02. The minimum atomic E-state index is 0.838. The van der Waals surface area contributed by atoms with Crippen LogP contribution in [0.3, 0.4) is 0 Å². The molecule has 5 nitrogen and oxygen atoms in total. The van der Waals surface area contributed by atoms with Gasteiger partial charge in [-0.15, -0.1) is 5.10 Å². The first-order valence-corrected chi connectivity index (χ1v) is 6.88. The Morgan fingerprint density at radius 2 is 2.26 bits per heavy atom. The number of rotatable bonds is 4. The molecule has 2 aromatic rings. The summed E-state index contributed by atoms with van der Waals surface area (Å²) in [7, 11) is 1.97. The molecule has 0 N–H and O–H groups in total. The molecular weight excluding hydrogens is 238 g/mol. The van der Waals surface area contributed by atoms with E-state index < -0.39 is 0 Å². The average molecular weight is 257 g/mol. The van der Waals surface area contributed by atoms with Crippen LogP contribution in [-0.2, 0) is 13.6 Å². The second-order valence-corrected chi connectivity index (χ2v) is 5.09. The van der Waals surface area contributed by atoms with Crippen molar-refractivity contribution in [3.63, 3.8) is 0 Å². The minimum absolute atomic E-state index is 0.838. The Labute approximate surface area is 113 Å². The van der Waals surface area contributed by atoms with Gasteiger partial charge in [-0.05, 0) is 32.1 Å². The zero-order valence-electron chi connectivity index (χ0n) is 11.3. The highest BCUT2D eigenvalue weighted by molar-refractivity contribution is 5.46. The summed E-state index contributed by atoms with van der Waals surface area (Å²) >= 11 is 0. The van der Waals surface area contributed by atoms with Crippen LogP contribution < -0.4 is 0 Å². The second-order valence-electron chi connectivity index (χ2n) is 5.09. The number of hydrogen-bond acceptors (Lipinski definition) is 3. The largest absolute Gasteiger partial charge is 0.333 e. The van der Waals surface area contributed by atoms with Crippen LogP contribution in [0, 0.1) is 0 Å². The van der Waals surface area contributed by atoms with Crippen molar-refractivity contribution in [1.29, 1.82) is 0 Å². The molecule has 3 rings (SSSR count). The van der Waals surface area contributed by atoms with E-state index in [0.29, 0.717) is 0 Å². The van der Waals surface area contributed by atoms with Gasteiger partial charge < -0.3 is 4.57 Å². The Bertz CT molecular complexity index is 578. The zero-order valence-corrected chi connectivity index (χ0v) is 11.3. The number of allylic oxidation sites excluding steroid dienone is 2. The Morgan fingerprint density at radius 3 is 3.00 bits per heavy atom. The van der Waals surface area contributed by atoms with E-state index in [4.69, 9.17) is 0 Å². The summed E-state index contributed by atoms with van der Waals surface area (Å²) < 4.78 is 3.87. The normalized spacial score (nSPS) is 15.5. The molecule has 0 aromatic carbocycles. The number of hydrogen-bond donors (Lipinski definition) is 0. The van der Waals surface area contributed by atoms with Crippen LogP contribution in [-0.4, -0.2) is 24.5 Å². The van der Waals surface area contributed by atoms with Crippen molar-refractivity contribution in [2.24, 2.45) is 7.05 Å². The van der Waals surface area contributed by atoms with Gasteiger partial charge in [0.25, 0.3) is 0 Å². The van der Waals surface area contributed by atoms with Crippen LogP contribution in [0.1, 0.15) is 32.1 Å². The van der Waals surface area contributed by atoms with Crippen molar-refractivity contribution >= 4 is 0 Å². The Hall–Kier alpha value is -1.91. The highest BCUT2D eigenvalue weighted by Gasteiger charge is 2.09. The van der Waals surface area contributed by atoms with E-state index in [9.17, 15) is 0 Å². The first kappa shape index (κ1) is 12.1.